The third-order valence-corrected chi connectivity index (χ3v) is 12.6. The van der Waals surface area contributed by atoms with Crippen LogP contribution in [0.1, 0.15) is 0 Å². The fourth-order valence-electron chi connectivity index (χ4n) is 0.584. The van der Waals surface area contributed by atoms with Crippen LogP contribution in [0.4, 0.5) is 0 Å². The Labute approximate surface area is 90.5 Å². The third kappa shape index (κ3) is 18.8. The maximum Gasteiger partial charge on any atom is 0.330 e. The lowest BCUT2D eigenvalue weighted by Gasteiger charge is -1.98. The predicted molar refractivity (Wildman–Crippen MR) is 69.9 cm³/mol. The van der Waals surface area contributed by atoms with E-state index in [0.717, 1.165) is 10.5 Å². The van der Waals surface area contributed by atoms with Crippen LogP contribution in [0.15, 0.2) is 12.7 Å². The lowest BCUT2D eigenvalue weighted by Crippen LogP contribution is -2.08. The second-order valence-corrected chi connectivity index (χ2v) is 19.8. The molecule has 13 heavy (non-hydrogen) atoms. The average Bonchev–Trinajstić information content (AvgIpc) is 2.13. The van der Waals surface area contributed by atoms with Crippen molar-refractivity contribution in [2.45, 2.75) is 6.04 Å². The largest absolute Gasteiger partial charge is 0.463 e. The van der Waals surface area contributed by atoms with Crippen LogP contribution in [-0.4, -0.2) is 57.5 Å². The summed E-state index contributed by atoms with van der Waals surface area (Å²) in [6, 6.07) is 1.19. The SMILES string of the molecule is C=CC(=O)OCC[SiH2][SiH2][SiH3].CO[SiH3]. The van der Waals surface area contributed by atoms with E-state index in [9.17, 15) is 4.79 Å². The average molecular weight is 253 g/mol. The van der Waals surface area contributed by atoms with Crippen molar-refractivity contribution in [3.63, 3.8) is 0 Å². The molecule has 7 heteroatoms. The van der Waals surface area contributed by atoms with Gasteiger partial charge < -0.3 is 9.16 Å². The van der Waals surface area contributed by atoms with Gasteiger partial charge in [0.25, 0.3) is 0 Å². The first kappa shape index (κ1) is 15.5. The first-order valence-corrected chi connectivity index (χ1v) is 15.9. The molecule has 0 aromatic rings. The van der Waals surface area contributed by atoms with Gasteiger partial charge in [0.2, 0.25) is 0 Å². The molecule has 78 valence electrons. The summed E-state index contributed by atoms with van der Waals surface area (Å²) in [7, 11) is 4.68. The van der Waals surface area contributed by atoms with E-state index < -0.39 is 0 Å². The second-order valence-electron chi connectivity index (χ2n) is 2.49. The van der Waals surface area contributed by atoms with Crippen molar-refractivity contribution >= 4 is 43.8 Å². The Hall–Kier alpha value is 0.0375. The number of carbonyl (C=O) groups excluding carboxylic acids is 1. The molecule has 0 N–H and O–H groups in total. The fourth-order valence-corrected chi connectivity index (χ4v) is 8.04. The molecular formula is C6H20O3Si4. The quantitative estimate of drug-likeness (QED) is 0.221. The van der Waals surface area contributed by atoms with Crippen LogP contribution >= 0.6 is 0 Å². The number of hydrogen-bond donors (Lipinski definition) is 0. The zero-order valence-electron chi connectivity index (χ0n) is 8.84. The van der Waals surface area contributed by atoms with Gasteiger partial charge in [0.05, 0.1) is 6.61 Å². The highest BCUT2D eigenvalue weighted by Gasteiger charge is 1.93. The van der Waals surface area contributed by atoms with Crippen LogP contribution in [-0.2, 0) is 14.0 Å². The van der Waals surface area contributed by atoms with Crippen molar-refractivity contribution in [1.82, 2.24) is 0 Å². The van der Waals surface area contributed by atoms with E-state index in [0.29, 0.717) is 15.2 Å². The standard InChI is InChI=1S/C5H14O2Si3.CH6OSi/c1-2-5(6)7-3-4-9-10-8;1-2-3/h2H,1,3-4,9-10H2,8H3;1,3H3. The zero-order valence-corrected chi connectivity index (χ0v) is 15.7. The Morgan fingerprint density at radius 2 is 2.23 bits per heavy atom. The topological polar surface area (TPSA) is 35.5 Å². The highest BCUT2D eigenvalue weighted by atomic mass is 29.5. The van der Waals surface area contributed by atoms with Crippen molar-refractivity contribution in [2.24, 2.45) is 0 Å². The van der Waals surface area contributed by atoms with Gasteiger partial charge in [-0.3, -0.25) is 0 Å². The Morgan fingerprint density at radius 3 is 2.62 bits per heavy atom. The maximum absolute atomic E-state index is 10.5. The van der Waals surface area contributed by atoms with Gasteiger partial charge in [-0.05, 0) is 24.4 Å². The molecule has 0 aliphatic carbocycles. The summed E-state index contributed by atoms with van der Waals surface area (Å²) in [6.07, 6.45) is 1.22. The van der Waals surface area contributed by atoms with Crippen molar-refractivity contribution in [3.05, 3.63) is 12.7 Å². The minimum Gasteiger partial charge on any atom is -0.463 e. The van der Waals surface area contributed by atoms with E-state index in [-0.39, 0.29) is 15.0 Å². The van der Waals surface area contributed by atoms with Crippen molar-refractivity contribution in [2.75, 3.05) is 13.7 Å². The molecule has 0 unspecified atom stereocenters. The van der Waals surface area contributed by atoms with Gasteiger partial charge >= 0.3 is 5.97 Å². The summed E-state index contributed by atoms with van der Waals surface area (Å²) in [5.74, 6) is -0.274. The Morgan fingerprint density at radius 1 is 1.69 bits per heavy atom. The minimum absolute atomic E-state index is 0.260. The van der Waals surface area contributed by atoms with Crippen LogP contribution in [0.3, 0.4) is 0 Å². The van der Waals surface area contributed by atoms with E-state index in [1.165, 1.54) is 21.9 Å². The first-order valence-electron chi connectivity index (χ1n) is 4.42. The van der Waals surface area contributed by atoms with E-state index in [4.69, 9.17) is 4.74 Å². The highest BCUT2D eigenvalue weighted by Crippen LogP contribution is 1.82. The molecule has 0 rings (SSSR count). The van der Waals surface area contributed by atoms with E-state index in [2.05, 4.69) is 11.0 Å². The lowest BCUT2D eigenvalue weighted by molar-refractivity contribution is -0.137. The van der Waals surface area contributed by atoms with Gasteiger partial charge in [-0.1, -0.05) is 6.58 Å². The molecule has 0 saturated heterocycles. The normalized spacial score (nSPS) is 10.5. The number of esters is 1. The molecule has 0 radical (unpaired) electrons. The van der Waals surface area contributed by atoms with Gasteiger partial charge in [0.1, 0.15) is 10.5 Å². The van der Waals surface area contributed by atoms with Crippen molar-refractivity contribution in [3.8, 4) is 0 Å². The third-order valence-electron chi connectivity index (χ3n) is 1.16. The molecule has 0 fully saturated rings. The smallest absolute Gasteiger partial charge is 0.330 e. The molecule has 0 spiro atoms. The molecule has 0 bridgehead atoms. The zero-order chi connectivity index (χ0) is 10.5. The van der Waals surface area contributed by atoms with E-state index in [1.807, 2.05) is 0 Å². The molecular weight excluding hydrogens is 232 g/mol. The van der Waals surface area contributed by atoms with Gasteiger partial charge in [-0.15, -0.1) is 0 Å². The number of rotatable bonds is 5. The van der Waals surface area contributed by atoms with Crippen LogP contribution < -0.4 is 0 Å². The summed E-state index contributed by atoms with van der Waals surface area (Å²) >= 11 is 0. The lowest BCUT2D eigenvalue weighted by atomic mass is 10.6. The molecule has 0 aromatic carbocycles. The molecule has 0 aliphatic heterocycles. The molecule has 0 aliphatic rings. The number of ether oxygens (including phenoxy) is 1. The molecule has 0 heterocycles. The van der Waals surface area contributed by atoms with Crippen LogP contribution in [0.25, 0.3) is 0 Å². The van der Waals surface area contributed by atoms with Crippen LogP contribution in [0.2, 0.25) is 6.04 Å². The van der Waals surface area contributed by atoms with E-state index >= 15 is 0 Å². The number of carbonyl (C=O) groups is 1. The second kappa shape index (κ2) is 14.6. The van der Waals surface area contributed by atoms with Gasteiger partial charge in [0, 0.05) is 22.2 Å². The first-order chi connectivity index (χ1) is 6.22. The summed E-state index contributed by atoms with van der Waals surface area (Å²) in [6.45, 7) is 3.96. The molecule has 0 aromatic heterocycles. The Kier molecular flexibility index (Phi) is 17.4. The van der Waals surface area contributed by atoms with Crippen molar-refractivity contribution < 1.29 is 14.0 Å². The predicted octanol–water partition coefficient (Wildman–Crippen LogP) is -3.42. The monoisotopic (exact) mass is 252 g/mol. The molecule has 0 saturated carbocycles. The number of hydrogen-bond acceptors (Lipinski definition) is 3. The van der Waals surface area contributed by atoms with Crippen LogP contribution in [0, 0.1) is 0 Å². The Balaban J connectivity index is 0. The molecule has 0 amide bonds. The highest BCUT2D eigenvalue weighted by molar-refractivity contribution is 7.23. The summed E-state index contributed by atoms with van der Waals surface area (Å²) in [5.41, 5.74) is 0. The maximum atomic E-state index is 10.5. The van der Waals surface area contributed by atoms with Crippen molar-refractivity contribution in [1.29, 1.82) is 0 Å². The van der Waals surface area contributed by atoms with Crippen LogP contribution in [0.5, 0.6) is 0 Å². The fraction of sp³-hybridized carbons (Fsp3) is 0.500. The summed E-state index contributed by atoms with van der Waals surface area (Å²) in [4.78, 5) is 10.5. The minimum atomic E-state index is -0.274. The summed E-state index contributed by atoms with van der Waals surface area (Å²) in [5, 5.41) is 0. The molecule has 0 atom stereocenters. The van der Waals surface area contributed by atoms with Gasteiger partial charge in [-0.2, -0.15) is 0 Å². The van der Waals surface area contributed by atoms with Gasteiger partial charge in [0.15, 0.2) is 0 Å². The summed E-state index contributed by atoms with van der Waals surface area (Å²) < 4.78 is 9.20. The Bertz CT molecular complexity index is 131. The molecule has 3 nitrogen and oxygen atoms in total. The van der Waals surface area contributed by atoms with E-state index in [1.54, 1.807) is 7.11 Å². The van der Waals surface area contributed by atoms with Gasteiger partial charge in [-0.25, -0.2) is 4.79 Å².